The predicted octanol–water partition coefficient (Wildman–Crippen LogP) is 7.29. The molecule has 1 fully saturated rings. The number of hydrogen-bond donors (Lipinski definition) is 3. The molecule has 242 valence electrons. The minimum Gasteiger partial charge on any atom is -0.366 e. The topological polar surface area (TPSA) is 105 Å². The predicted molar refractivity (Wildman–Crippen MR) is 173 cm³/mol. The fourth-order valence-electron chi connectivity index (χ4n) is 5.51. The smallest absolute Gasteiger partial charge is 0.366 e. The van der Waals surface area contributed by atoms with E-state index < -0.39 is 23.4 Å². The summed E-state index contributed by atoms with van der Waals surface area (Å²) in [6.45, 7) is 6.13. The lowest BCUT2D eigenvalue weighted by molar-refractivity contribution is -0.184. The molecule has 0 aliphatic heterocycles. The second-order valence-electron chi connectivity index (χ2n) is 12.5. The lowest BCUT2D eigenvalue weighted by Gasteiger charge is -2.30. The average Bonchev–Trinajstić information content (AvgIpc) is 3.29. The van der Waals surface area contributed by atoms with Gasteiger partial charge in [0, 0.05) is 25.6 Å². The number of amides is 2. The van der Waals surface area contributed by atoms with Gasteiger partial charge in [-0.3, -0.25) is 9.59 Å². The van der Waals surface area contributed by atoms with Crippen LogP contribution in [0.3, 0.4) is 0 Å². The number of carbonyl (C=O) groups excluding carboxylic acids is 2. The molecule has 3 aromatic rings. The van der Waals surface area contributed by atoms with E-state index >= 15 is 0 Å². The lowest BCUT2D eigenvalue weighted by atomic mass is 9.81. The summed E-state index contributed by atoms with van der Waals surface area (Å²) in [7, 11) is 1.73. The normalized spacial score (nSPS) is 17.2. The zero-order valence-corrected chi connectivity index (χ0v) is 27.1. The molecule has 0 radical (unpaired) electrons. The molecule has 2 amide bonds. The third-order valence-electron chi connectivity index (χ3n) is 8.15. The van der Waals surface area contributed by atoms with Crippen molar-refractivity contribution in [3.8, 4) is 12.3 Å². The summed E-state index contributed by atoms with van der Waals surface area (Å²) in [5.74, 6) is 0.687. The monoisotopic (exact) mass is 664 g/mol. The molecule has 1 aromatic heterocycles. The number of imidazole rings is 1. The standard InChI is InChI=1S/C32H37Cl2F3N6O2/c1-6-13-42(5)24-15-25-23(14-21(24)28(38)44)40-30(43(25)17-18-7-10-20(11-8-18)32(35,36)37)41-27-22(33)12-9-19(26(27)34)16-39-29(45)31(2,3)4/h1,9,12,14-15,18,20H,7-8,10-11,13,16-17H2,2-5H3,(H2,38,44)(H,39,45)(H,40,41). The van der Waals surface area contributed by atoms with Crippen molar-refractivity contribution < 1.29 is 22.8 Å². The van der Waals surface area contributed by atoms with Gasteiger partial charge in [-0.1, -0.05) is 56.0 Å². The van der Waals surface area contributed by atoms with Crippen molar-refractivity contribution in [1.29, 1.82) is 0 Å². The minimum atomic E-state index is -4.22. The molecule has 1 aliphatic rings. The second kappa shape index (κ2) is 13.4. The number of aromatic nitrogens is 2. The molecule has 45 heavy (non-hydrogen) atoms. The van der Waals surface area contributed by atoms with E-state index in [1.165, 1.54) is 0 Å². The number of halogens is 5. The van der Waals surface area contributed by atoms with E-state index in [0.29, 0.717) is 58.3 Å². The van der Waals surface area contributed by atoms with E-state index in [1.54, 1.807) is 57.0 Å². The Balaban J connectivity index is 1.77. The summed E-state index contributed by atoms with van der Waals surface area (Å²) >= 11 is 13.4. The molecule has 0 atom stereocenters. The third-order valence-corrected chi connectivity index (χ3v) is 8.90. The Morgan fingerprint density at radius 1 is 1.16 bits per heavy atom. The van der Waals surface area contributed by atoms with Gasteiger partial charge < -0.3 is 25.8 Å². The van der Waals surface area contributed by atoms with Crippen molar-refractivity contribution >= 4 is 63.4 Å². The number of alkyl halides is 3. The van der Waals surface area contributed by atoms with E-state index in [9.17, 15) is 22.8 Å². The minimum absolute atomic E-state index is 0.0471. The van der Waals surface area contributed by atoms with Gasteiger partial charge in [0.25, 0.3) is 5.91 Å². The van der Waals surface area contributed by atoms with Crippen molar-refractivity contribution in [3.63, 3.8) is 0 Å². The highest BCUT2D eigenvalue weighted by molar-refractivity contribution is 6.39. The van der Waals surface area contributed by atoms with Crippen LogP contribution in [0.1, 0.15) is 62.4 Å². The van der Waals surface area contributed by atoms with Crippen molar-refractivity contribution in [2.45, 2.75) is 65.7 Å². The summed E-state index contributed by atoms with van der Waals surface area (Å²) in [6.07, 6.45) is 2.18. The number of nitrogens with two attached hydrogens (primary N) is 1. The Kier molecular flexibility index (Phi) is 10.2. The van der Waals surface area contributed by atoms with Crippen molar-refractivity contribution in [2.75, 3.05) is 23.8 Å². The highest BCUT2D eigenvalue weighted by Gasteiger charge is 2.41. The third kappa shape index (κ3) is 7.79. The Hall–Kier alpha value is -3.62. The molecule has 8 nitrogen and oxygen atoms in total. The highest BCUT2D eigenvalue weighted by atomic mass is 35.5. The Morgan fingerprint density at radius 3 is 2.40 bits per heavy atom. The van der Waals surface area contributed by atoms with E-state index in [4.69, 9.17) is 40.3 Å². The first-order valence-electron chi connectivity index (χ1n) is 14.6. The van der Waals surface area contributed by atoms with Gasteiger partial charge in [-0.2, -0.15) is 13.2 Å². The zero-order chi connectivity index (χ0) is 33.3. The number of hydrogen-bond acceptors (Lipinski definition) is 5. The van der Waals surface area contributed by atoms with Gasteiger partial charge in [0.15, 0.2) is 0 Å². The molecule has 0 saturated heterocycles. The molecule has 2 aromatic carbocycles. The summed E-state index contributed by atoms with van der Waals surface area (Å²) < 4.78 is 42.0. The summed E-state index contributed by atoms with van der Waals surface area (Å²) in [5, 5.41) is 6.68. The first kappa shape index (κ1) is 34.3. The molecular weight excluding hydrogens is 628 g/mol. The number of carbonyl (C=O) groups is 2. The SMILES string of the molecule is C#CCN(C)c1cc2c(cc1C(N)=O)nc(Nc1c(Cl)ccc(CNC(=O)C(C)(C)C)c1Cl)n2CC1CCC(C(F)(F)F)CC1. The van der Waals surface area contributed by atoms with E-state index in [-0.39, 0.29) is 48.3 Å². The number of anilines is 3. The van der Waals surface area contributed by atoms with Gasteiger partial charge in [0.05, 0.1) is 50.5 Å². The molecule has 1 saturated carbocycles. The first-order valence-corrected chi connectivity index (χ1v) is 15.3. The van der Waals surface area contributed by atoms with Crippen LogP contribution in [0.2, 0.25) is 10.0 Å². The second-order valence-corrected chi connectivity index (χ2v) is 13.3. The first-order chi connectivity index (χ1) is 21.0. The van der Waals surface area contributed by atoms with Crippen LogP contribution < -0.4 is 21.3 Å². The number of nitrogens with zero attached hydrogens (tertiary/aromatic N) is 3. The van der Waals surface area contributed by atoms with Gasteiger partial charge in [-0.15, -0.1) is 6.42 Å². The van der Waals surface area contributed by atoms with Crippen LogP contribution in [0.4, 0.5) is 30.5 Å². The maximum atomic E-state index is 13.4. The number of nitrogens with one attached hydrogen (secondary N) is 2. The summed E-state index contributed by atoms with van der Waals surface area (Å²) in [4.78, 5) is 31.4. The maximum absolute atomic E-state index is 13.4. The Labute approximate surface area is 270 Å². The number of fused-ring (bicyclic) bond motifs is 1. The molecule has 13 heteroatoms. The molecule has 0 unspecified atom stereocenters. The molecule has 4 N–H and O–H groups in total. The van der Waals surface area contributed by atoms with Crippen LogP contribution in [0.5, 0.6) is 0 Å². The van der Waals surface area contributed by atoms with Crippen LogP contribution in [0.15, 0.2) is 24.3 Å². The van der Waals surface area contributed by atoms with Crippen LogP contribution in [0, 0.1) is 29.6 Å². The Morgan fingerprint density at radius 2 is 1.82 bits per heavy atom. The molecule has 0 bridgehead atoms. The van der Waals surface area contributed by atoms with Gasteiger partial charge in [-0.25, -0.2) is 4.98 Å². The zero-order valence-electron chi connectivity index (χ0n) is 25.6. The number of rotatable bonds is 9. The van der Waals surface area contributed by atoms with Gasteiger partial charge >= 0.3 is 6.18 Å². The fraction of sp³-hybridized carbons (Fsp3) is 0.469. The fourth-order valence-corrected chi connectivity index (χ4v) is 6.04. The summed E-state index contributed by atoms with van der Waals surface area (Å²) in [6, 6.07) is 6.70. The van der Waals surface area contributed by atoms with E-state index in [0.717, 1.165) is 0 Å². The quantitative estimate of drug-likeness (QED) is 0.208. The highest BCUT2D eigenvalue weighted by Crippen LogP contribution is 2.42. The Bertz CT molecular complexity index is 1630. The number of benzene rings is 2. The van der Waals surface area contributed by atoms with Crippen LogP contribution in [-0.2, 0) is 17.9 Å². The van der Waals surface area contributed by atoms with Gasteiger partial charge in [0.2, 0.25) is 11.9 Å². The van der Waals surface area contributed by atoms with Crippen LogP contribution >= 0.6 is 23.2 Å². The maximum Gasteiger partial charge on any atom is 0.391 e. The van der Waals surface area contributed by atoms with Crippen LogP contribution in [-0.4, -0.2) is 41.1 Å². The van der Waals surface area contributed by atoms with Crippen molar-refractivity contribution in [2.24, 2.45) is 23.0 Å². The largest absolute Gasteiger partial charge is 0.391 e. The van der Waals surface area contributed by atoms with Crippen LogP contribution in [0.25, 0.3) is 11.0 Å². The molecule has 0 spiro atoms. The van der Waals surface area contributed by atoms with Crippen molar-refractivity contribution in [3.05, 3.63) is 45.4 Å². The summed E-state index contributed by atoms with van der Waals surface area (Å²) in [5.41, 5.74) is 7.85. The molecule has 1 aliphatic carbocycles. The number of primary amides is 1. The van der Waals surface area contributed by atoms with Crippen molar-refractivity contribution in [1.82, 2.24) is 14.9 Å². The van der Waals surface area contributed by atoms with E-state index in [1.807, 2.05) is 4.57 Å². The van der Waals surface area contributed by atoms with Gasteiger partial charge in [-0.05, 0) is 55.4 Å². The lowest BCUT2D eigenvalue weighted by Crippen LogP contribution is -2.34. The molecule has 4 rings (SSSR count). The van der Waals surface area contributed by atoms with E-state index in [2.05, 4.69) is 16.6 Å². The molecular formula is C32H37Cl2F3N6O2. The average molecular weight is 666 g/mol. The number of terminal acetylenes is 1. The van der Waals surface area contributed by atoms with Gasteiger partial charge in [0.1, 0.15) is 0 Å². The molecule has 1 heterocycles.